The number of likely N-dealkylation sites (N-methyl/N-ethyl adjacent to an activating group) is 1. The Morgan fingerprint density at radius 2 is 1.68 bits per heavy atom. The maximum absolute atomic E-state index is 13.2. The normalized spacial score (nSPS) is 16.9. The lowest BCUT2D eigenvalue weighted by atomic mass is 9.96. The fraction of sp³-hybridized carbons (Fsp3) is 0.458. The van der Waals surface area contributed by atoms with Crippen molar-refractivity contribution in [1.82, 2.24) is 14.5 Å². The molecule has 0 unspecified atom stereocenters. The highest BCUT2D eigenvalue weighted by Crippen LogP contribution is 2.24. The summed E-state index contributed by atoms with van der Waals surface area (Å²) in [4.78, 5) is 15.5. The number of amides is 1. The summed E-state index contributed by atoms with van der Waals surface area (Å²) in [5.74, 6) is 0.151. The molecule has 2 aromatic rings. The van der Waals surface area contributed by atoms with Crippen LogP contribution in [0, 0.1) is 12.8 Å². The molecule has 1 atom stereocenters. The van der Waals surface area contributed by atoms with Gasteiger partial charge < -0.3 is 10.2 Å². The number of carbonyl (C=O) groups is 1. The number of piperazine rings is 1. The van der Waals surface area contributed by atoms with Crippen molar-refractivity contribution in [3.63, 3.8) is 0 Å². The minimum Gasteiger partial charge on any atom is -0.345 e. The highest BCUT2D eigenvalue weighted by Gasteiger charge is 2.28. The van der Waals surface area contributed by atoms with Crippen molar-refractivity contribution in [2.24, 2.45) is 5.92 Å². The first-order valence-corrected chi connectivity index (χ1v) is 12.3. The lowest BCUT2D eigenvalue weighted by molar-refractivity contribution is 0.0931. The first kappa shape index (κ1) is 23.4. The van der Waals surface area contributed by atoms with E-state index in [2.05, 4.69) is 24.1 Å². The van der Waals surface area contributed by atoms with Gasteiger partial charge in [0, 0.05) is 31.7 Å². The molecule has 1 aliphatic rings. The summed E-state index contributed by atoms with van der Waals surface area (Å²) in [6.07, 6.45) is 0.800. The van der Waals surface area contributed by atoms with Crippen LogP contribution in [0.2, 0.25) is 0 Å². The molecule has 2 aromatic carbocycles. The highest BCUT2D eigenvalue weighted by atomic mass is 32.2. The Balaban J connectivity index is 1.85. The SMILES string of the molecule is Cc1ccc(S(=O)(=O)N2CCN(C)CC2)cc1C(=O)N[C@@H](CC(C)C)c1ccccc1. The first-order chi connectivity index (χ1) is 14.7. The van der Waals surface area contributed by atoms with E-state index < -0.39 is 10.0 Å². The van der Waals surface area contributed by atoms with Crippen LogP contribution in [-0.2, 0) is 10.0 Å². The Morgan fingerprint density at radius 1 is 1.03 bits per heavy atom. The van der Waals surface area contributed by atoms with E-state index in [-0.39, 0.29) is 16.8 Å². The van der Waals surface area contributed by atoms with Crippen LogP contribution in [0.3, 0.4) is 0 Å². The molecule has 0 spiro atoms. The summed E-state index contributed by atoms with van der Waals surface area (Å²) in [5, 5.41) is 3.13. The molecule has 1 amide bonds. The number of nitrogens with one attached hydrogen (secondary N) is 1. The minimum atomic E-state index is -3.63. The fourth-order valence-electron chi connectivity index (χ4n) is 3.85. The zero-order valence-electron chi connectivity index (χ0n) is 18.8. The Morgan fingerprint density at radius 3 is 2.29 bits per heavy atom. The molecule has 0 saturated carbocycles. The van der Waals surface area contributed by atoms with Crippen molar-refractivity contribution in [2.75, 3.05) is 33.2 Å². The van der Waals surface area contributed by atoms with Gasteiger partial charge in [0.05, 0.1) is 10.9 Å². The molecule has 7 heteroatoms. The number of benzene rings is 2. The lowest BCUT2D eigenvalue weighted by Crippen LogP contribution is -2.47. The number of hydrogen-bond acceptors (Lipinski definition) is 4. The molecule has 1 heterocycles. The maximum Gasteiger partial charge on any atom is 0.252 e. The average molecular weight is 444 g/mol. The maximum atomic E-state index is 13.2. The second-order valence-electron chi connectivity index (χ2n) is 8.75. The predicted molar refractivity (Wildman–Crippen MR) is 124 cm³/mol. The van der Waals surface area contributed by atoms with Crippen LogP contribution >= 0.6 is 0 Å². The number of nitrogens with zero attached hydrogens (tertiary/aromatic N) is 2. The fourth-order valence-corrected chi connectivity index (χ4v) is 5.30. The largest absolute Gasteiger partial charge is 0.345 e. The summed E-state index contributed by atoms with van der Waals surface area (Å²) in [5.41, 5.74) is 2.20. The second kappa shape index (κ2) is 9.94. The first-order valence-electron chi connectivity index (χ1n) is 10.8. The van der Waals surface area contributed by atoms with Gasteiger partial charge in [0.25, 0.3) is 5.91 Å². The summed E-state index contributed by atoms with van der Waals surface area (Å²) in [6, 6.07) is 14.6. The van der Waals surface area contributed by atoms with Crippen molar-refractivity contribution in [2.45, 2.75) is 38.1 Å². The van der Waals surface area contributed by atoms with E-state index in [1.54, 1.807) is 12.1 Å². The van der Waals surface area contributed by atoms with Gasteiger partial charge in [-0.3, -0.25) is 4.79 Å². The third-order valence-corrected chi connectivity index (χ3v) is 7.66. The van der Waals surface area contributed by atoms with E-state index in [1.165, 1.54) is 10.4 Å². The van der Waals surface area contributed by atoms with Crippen molar-refractivity contribution < 1.29 is 13.2 Å². The number of hydrogen-bond donors (Lipinski definition) is 1. The molecule has 0 radical (unpaired) electrons. The summed E-state index contributed by atoms with van der Waals surface area (Å²) in [7, 11) is -1.65. The lowest BCUT2D eigenvalue weighted by Gasteiger charge is -2.31. The van der Waals surface area contributed by atoms with Gasteiger partial charge in [-0.1, -0.05) is 50.2 Å². The Labute approximate surface area is 186 Å². The smallest absolute Gasteiger partial charge is 0.252 e. The van der Waals surface area contributed by atoms with Gasteiger partial charge in [-0.2, -0.15) is 4.31 Å². The Hall–Kier alpha value is -2.22. The van der Waals surface area contributed by atoms with Crippen LogP contribution in [0.15, 0.2) is 53.4 Å². The summed E-state index contributed by atoms with van der Waals surface area (Å²) in [6.45, 7) is 8.39. The van der Waals surface area contributed by atoms with E-state index in [9.17, 15) is 13.2 Å². The average Bonchev–Trinajstić information content (AvgIpc) is 2.74. The van der Waals surface area contributed by atoms with E-state index in [0.717, 1.165) is 17.5 Å². The van der Waals surface area contributed by atoms with Crippen molar-refractivity contribution >= 4 is 15.9 Å². The third-order valence-electron chi connectivity index (χ3n) is 5.77. The van der Waals surface area contributed by atoms with Gasteiger partial charge in [0.15, 0.2) is 0 Å². The molecule has 168 valence electrons. The van der Waals surface area contributed by atoms with Gasteiger partial charge >= 0.3 is 0 Å². The molecule has 31 heavy (non-hydrogen) atoms. The molecule has 1 N–H and O–H groups in total. The van der Waals surface area contributed by atoms with Gasteiger partial charge in [-0.05, 0) is 49.6 Å². The van der Waals surface area contributed by atoms with Gasteiger partial charge in [0.2, 0.25) is 10.0 Å². The van der Waals surface area contributed by atoms with E-state index in [4.69, 9.17) is 0 Å². The molecule has 0 bridgehead atoms. The molecular formula is C24H33N3O3S. The van der Waals surface area contributed by atoms with Crippen molar-refractivity contribution in [3.8, 4) is 0 Å². The minimum absolute atomic E-state index is 0.133. The molecule has 3 rings (SSSR count). The zero-order chi connectivity index (χ0) is 22.6. The van der Waals surface area contributed by atoms with Crippen LogP contribution in [0.4, 0.5) is 0 Å². The Kier molecular flexibility index (Phi) is 7.51. The molecule has 1 saturated heterocycles. The second-order valence-corrected chi connectivity index (χ2v) is 10.7. The van der Waals surface area contributed by atoms with E-state index in [0.29, 0.717) is 37.7 Å². The van der Waals surface area contributed by atoms with Gasteiger partial charge in [-0.15, -0.1) is 0 Å². The Bertz CT molecular complexity index is 998. The molecule has 1 fully saturated rings. The monoisotopic (exact) mass is 443 g/mol. The van der Waals surface area contributed by atoms with E-state index in [1.807, 2.05) is 44.3 Å². The number of carbonyl (C=O) groups excluding carboxylic acids is 1. The zero-order valence-corrected chi connectivity index (χ0v) is 19.7. The molecule has 0 aliphatic carbocycles. The predicted octanol–water partition coefficient (Wildman–Crippen LogP) is 3.45. The van der Waals surface area contributed by atoms with Crippen molar-refractivity contribution in [3.05, 3.63) is 65.2 Å². The topological polar surface area (TPSA) is 69.7 Å². The van der Waals surface area contributed by atoms with Crippen molar-refractivity contribution in [1.29, 1.82) is 0 Å². The van der Waals surface area contributed by atoms with Gasteiger partial charge in [-0.25, -0.2) is 8.42 Å². The summed E-state index contributed by atoms with van der Waals surface area (Å²) < 4.78 is 27.8. The number of rotatable bonds is 7. The third kappa shape index (κ3) is 5.73. The number of aryl methyl sites for hydroxylation is 1. The molecule has 1 aliphatic heterocycles. The molecule has 6 nitrogen and oxygen atoms in total. The van der Waals surface area contributed by atoms with Crippen LogP contribution < -0.4 is 5.32 Å². The summed E-state index contributed by atoms with van der Waals surface area (Å²) >= 11 is 0. The molecule has 0 aromatic heterocycles. The number of sulfonamides is 1. The van der Waals surface area contributed by atoms with Crippen LogP contribution in [-0.4, -0.2) is 56.8 Å². The highest BCUT2D eigenvalue weighted by molar-refractivity contribution is 7.89. The van der Waals surface area contributed by atoms with Crippen LogP contribution in [0.25, 0.3) is 0 Å². The standard InChI is InChI=1S/C24H33N3O3S/c1-18(2)16-23(20-8-6-5-7-9-20)25-24(28)22-17-21(11-10-19(22)3)31(29,30)27-14-12-26(4)13-15-27/h5-11,17-18,23H,12-16H2,1-4H3,(H,25,28)/t23-/m0/s1. The quantitative estimate of drug-likeness (QED) is 0.712. The van der Waals surface area contributed by atoms with Gasteiger partial charge in [0.1, 0.15) is 0 Å². The molecular weight excluding hydrogens is 410 g/mol. The van der Waals surface area contributed by atoms with E-state index >= 15 is 0 Å². The van der Waals surface area contributed by atoms with Crippen LogP contribution in [0.1, 0.15) is 47.8 Å². The van der Waals surface area contributed by atoms with Crippen LogP contribution in [0.5, 0.6) is 0 Å².